The molecule has 0 spiro atoms. The summed E-state index contributed by atoms with van der Waals surface area (Å²) in [6.45, 7) is -0.740. The molecule has 6 aliphatic heterocycles. The van der Waals surface area contributed by atoms with Gasteiger partial charge in [-0.2, -0.15) is 0 Å². The van der Waals surface area contributed by atoms with E-state index in [4.69, 9.17) is 57.8 Å². The van der Waals surface area contributed by atoms with Crippen molar-refractivity contribution < 1.29 is 129 Å². The first-order valence-electron chi connectivity index (χ1n) is 20.4. The molecule has 63 heavy (non-hydrogen) atoms. The monoisotopic (exact) mass is 923 g/mol. The van der Waals surface area contributed by atoms with Gasteiger partial charge in [-0.3, -0.25) is 0 Å². The Balaban J connectivity index is 1.32. The van der Waals surface area contributed by atoms with Gasteiger partial charge in [-0.05, 0) is 19.9 Å². The molecule has 6 heterocycles. The Labute approximate surface area is 358 Å². The quantitative estimate of drug-likeness (QED) is 0.0769. The van der Waals surface area contributed by atoms with Crippen LogP contribution in [0.5, 0.6) is 0 Å². The van der Waals surface area contributed by atoms with Crippen molar-refractivity contribution in [2.45, 2.75) is 186 Å². The molecule has 17 N–H and O–H groups in total. The van der Waals surface area contributed by atoms with Crippen LogP contribution in [-0.4, -0.2) is 275 Å². The molecule has 6 rings (SSSR count). The smallest absolute Gasteiger partial charge is 0.187 e. The molecule has 28 atom stereocenters. The Morgan fingerprint density at radius 2 is 0.841 bits per heavy atom. The summed E-state index contributed by atoms with van der Waals surface area (Å²) in [6.07, 6.45) is -43.7. The van der Waals surface area contributed by atoms with Gasteiger partial charge in [0.1, 0.15) is 122 Å². The number of aliphatic hydroxyl groups is 15. The van der Waals surface area contributed by atoms with Gasteiger partial charge in [0.25, 0.3) is 0 Å². The first-order chi connectivity index (χ1) is 29.9. The number of nitrogens with two attached hydrogens (primary N) is 1. The Kier molecular flexibility index (Phi) is 17.5. The van der Waals surface area contributed by atoms with Crippen LogP contribution in [0.3, 0.4) is 0 Å². The van der Waals surface area contributed by atoms with Crippen molar-refractivity contribution in [3.05, 3.63) is 12.3 Å². The van der Waals surface area contributed by atoms with Crippen LogP contribution >= 0.6 is 0 Å². The van der Waals surface area contributed by atoms with Gasteiger partial charge in [0.15, 0.2) is 31.5 Å². The van der Waals surface area contributed by atoms with E-state index in [1.807, 2.05) is 0 Å². The molecular formula is C36H61NO26. The summed E-state index contributed by atoms with van der Waals surface area (Å²) < 4.78 is 63.8. The summed E-state index contributed by atoms with van der Waals surface area (Å²) in [5, 5.41) is 159. The highest BCUT2D eigenvalue weighted by Crippen LogP contribution is 2.37. The van der Waals surface area contributed by atoms with Crippen LogP contribution in [0.1, 0.15) is 13.8 Å². The molecule has 0 aromatic carbocycles. The van der Waals surface area contributed by atoms with Crippen LogP contribution in [-0.2, 0) is 52.1 Å². The van der Waals surface area contributed by atoms with Crippen LogP contribution in [0.2, 0.25) is 0 Å². The van der Waals surface area contributed by atoms with E-state index in [0.717, 1.165) is 6.26 Å². The number of hydrogen-bond donors (Lipinski definition) is 16. The third-order valence-electron chi connectivity index (χ3n) is 12.0. The van der Waals surface area contributed by atoms with Crippen LogP contribution in [0.25, 0.3) is 0 Å². The molecule has 0 saturated carbocycles. The zero-order valence-corrected chi connectivity index (χ0v) is 33.9. The molecule has 0 amide bonds. The van der Waals surface area contributed by atoms with Crippen LogP contribution < -0.4 is 5.73 Å². The van der Waals surface area contributed by atoms with E-state index in [0.29, 0.717) is 0 Å². The fourth-order valence-electron chi connectivity index (χ4n) is 8.14. The lowest BCUT2D eigenvalue weighted by Gasteiger charge is -2.51. The molecule has 5 saturated heterocycles. The Morgan fingerprint density at radius 3 is 1.40 bits per heavy atom. The summed E-state index contributed by atoms with van der Waals surface area (Å²) in [7, 11) is 0. The molecule has 0 radical (unpaired) electrons. The maximum Gasteiger partial charge on any atom is 0.187 e. The zero-order valence-electron chi connectivity index (χ0n) is 33.9. The maximum atomic E-state index is 11.5. The second kappa shape index (κ2) is 21.6. The van der Waals surface area contributed by atoms with Crippen molar-refractivity contribution >= 4 is 0 Å². The number of rotatable bonds is 14. The van der Waals surface area contributed by atoms with Gasteiger partial charge in [0.05, 0.1) is 50.9 Å². The van der Waals surface area contributed by atoms with E-state index in [1.54, 1.807) is 0 Å². The molecule has 0 aromatic heterocycles. The average molecular weight is 924 g/mol. The summed E-state index contributed by atoms with van der Waals surface area (Å²) in [4.78, 5) is 0. The highest BCUT2D eigenvalue weighted by atomic mass is 16.8. The molecule has 0 bridgehead atoms. The normalized spacial score (nSPS) is 53.2. The molecule has 366 valence electrons. The van der Waals surface area contributed by atoms with Crippen LogP contribution in [0, 0.1) is 0 Å². The third-order valence-corrected chi connectivity index (χ3v) is 12.0. The Hall–Kier alpha value is -1.50. The minimum Gasteiger partial charge on any atom is -0.493 e. The lowest BCUT2D eigenvalue weighted by atomic mass is 9.94. The molecule has 5 fully saturated rings. The Morgan fingerprint density at radius 1 is 0.397 bits per heavy atom. The predicted molar refractivity (Wildman–Crippen MR) is 195 cm³/mol. The van der Waals surface area contributed by atoms with Crippen molar-refractivity contribution in [1.29, 1.82) is 0 Å². The second-order valence-electron chi connectivity index (χ2n) is 16.3. The zero-order chi connectivity index (χ0) is 46.2. The minimum atomic E-state index is -2.03. The van der Waals surface area contributed by atoms with Crippen molar-refractivity contribution in [3.8, 4) is 0 Å². The molecule has 27 nitrogen and oxygen atoms in total. The second-order valence-corrected chi connectivity index (χ2v) is 16.3. The number of hydrogen-bond acceptors (Lipinski definition) is 27. The summed E-state index contributed by atoms with van der Waals surface area (Å²) in [5.41, 5.74) is 6.74. The molecule has 6 aliphatic rings. The van der Waals surface area contributed by atoms with Gasteiger partial charge in [-0.25, -0.2) is 0 Å². The van der Waals surface area contributed by atoms with E-state index in [1.165, 1.54) is 19.9 Å². The van der Waals surface area contributed by atoms with E-state index in [-0.39, 0.29) is 0 Å². The van der Waals surface area contributed by atoms with Gasteiger partial charge in [-0.1, -0.05) is 0 Å². The summed E-state index contributed by atoms with van der Waals surface area (Å²) in [5.74, 6) is 0. The molecule has 0 aliphatic carbocycles. The predicted octanol–water partition coefficient (Wildman–Crippen LogP) is -10.2. The van der Waals surface area contributed by atoms with Crippen molar-refractivity contribution in [3.63, 3.8) is 0 Å². The van der Waals surface area contributed by atoms with E-state index in [2.05, 4.69) is 0 Å². The topological polar surface area (TPSA) is 431 Å². The summed E-state index contributed by atoms with van der Waals surface area (Å²) in [6, 6.07) is -1.74. The van der Waals surface area contributed by atoms with Crippen molar-refractivity contribution in [1.82, 2.24) is 0 Å². The van der Waals surface area contributed by atoms with Gasteiger partial charge in [0, 0.05) is 0 Å². The molecule has 0 aromatic rings. The van der Waals surface area contributed by atoms with Gasteiger partial charge < -0.3 is 134 Å². The first-order valence-corrected chi connectivity index (χ1v) is 20.4. The maximum absolute atomic E-state index is 11.5. The van der Waals surface area contributed by atoms with E-state index >= 15 is 0 Å². The number of ether oxygens (including phenoxy) is 11. The van der Waals surface area contributed by atoms with Crippen molar-refractivity contribution in [2.75, 3.05) is 26.4 Å². The van der Waals surface area contributed by atoms with E-state index in [9.17, 15) is 76.6 Å². The SMILES string of the molecule is CC1O[C@@H](OC2[C@H](O[C@@H]3C(N)[C@H](O[C@@H]4C(O)[C@H](O[C@H]5C(CO)OC=C[C@H]5O)OC(CO)[C@@H]4O)OC(CO)[C@@H]3O[C@H]3O[C@@H](C)[C@@H](O)C(O)C3O)OC(CO)[C@H](O)[C@@H]2O)C(O)[C@H](O)[C@H]1O. The number of aliphatic hydroxyl groups excluding tert-OH is 15. The highest BCUT2D eigenvalue weighted by molar-refractivity contribution is 5.02. The van der Waals surface area contributed by atoms with Gasteiger partial charge in [-0.15, -0.1) is 0 Å². The largest absolute Gasteiger partial charge is 0.493 e. The lowest BCUT2D eigenvalue weighted by Crippen LogP contribution is -2.70. The standard InChI is InChI=1S/C36H61NO26/c1-9-17(43)21(47)24(50)33(54-9)60-28-15(8-41)58-32(62-30-20(46)13(6-39)56-35(26(30)52)59-27-11(42)3-4-53-14(27)7-40)16(37)29(28)61-36-31(23(49)19(45)12(5-38)57-36)63-34-25(51)22(48)18(44)10(2)55-34/h3-4,9-36,38-52H,5-8,37H2,1-2H3/t9-,10?,11+,12?,13?,14?,15?,16?,17+,18-,19-,20-,21?,22+,23-,24?,25?,26?,27+,28-,29+,30-,31?,32-,33+,34-,35-,36-/m0/s1. The van der Waals surface area contributed by atoms with Gasteiger partial charge in [0.2, 0.25) is 0 Å². The lowest BCUT2D eigenvalue weighted by molar-refractivity contribution is -0.397. The van der Waals surface area contributed by atoms with Gasteiger partial charge >= 0.3 is 0 Å². The van der Waals surface area contributed by atoms with Crippen molar-refractivity contribution in [2.24, 2.45) is 5.73 Å². The van der Waals surface area contributed by atoms with Crippen LogP contribution in [0.15, 0.2) is 12.3 Å². The highest BCUT2D eigenvalue weighted by Gasteiger charge is 2.57. The third kappa shape index (κ3) is 10.5. The fourth-order valence-corrected chi connectivity index (χ4v) is 8.14. The Bertz CT molecular complexity index is 1460. The summed E-state index contributed by atoms with van der Waals surface area (Å²) >= 11 is 0. The first kappa shape index (κ1) is 50.9. The molecule has 11 unspecified atom stereocenters. The molecular weight excluding hydrogens is 862 g/mol. The fraction of sp³-hybridized carbons (Fsp3) is 0.944. The molecule has 27 heteroatoms. The van der Waals surface area contributed by atoms with E-state index < -0.39 is 198 Å². The average Bonchev–Trinajstić information content (AvgIpc) is 3.27. The van der Waals surface area contributed by atoms with Crippen LogP contribution in [0.4, 0.5) is 0 Å². The minimum absolute atomic E-state index is 0.649.